The van der Waals surface area contributed by atoms with Gasteiger partial charge in [0.05, 0.1) is 25.8 Å². The number of ether oxygens (including phenoxy) is 1. The molecule has 2 aromatic heterocycles. The number of hydrogen-bond acceptors (Lipinski definition) is 3. The van der Waals surface area contributed by atoms with Crippen LogP contribution >= 0.6 is 0 Å². The monoisotopic (exact) mass is 378 g/mol. The molecule has 0 radical (unpaired) electrons. The number of aryl methyl sites for hydroxylation is 2. The van der Waals surface area contributed by atoms with Gasteiger partial charge >= 0.3 is 0 Å². The summed E-state index contributed by atoms with van der Waals surface area (Å²) in [5.41, 5.74) is 3.57. The minimum atomic E-state index is 0.0458. The topological polar surface area (TPSA) is 53.2 Å². The molecule has 0 bridgehead atoms. The molecule has 1 fully saturated rings. The summed E-state index contributed by atoms with van der Waals surface area (Å²) in [5, 5.41) is 0. The van der Waals surface area contributed by atoms with Crippen LogP contribution in [0, 0.1) is 6.92 Å². The van der Waals surface area contributed by atoms with Crippen LogP contribution in [0.1, 0.15) is 29.7 Å². The quantitative estimate of drug-likeness (QED) is 0.701. The molecular weight excluding hydrogens is 352 g/mol. The van der Waals surface area contributed by atoms with E-state index in [1.165, 1.54) is 5.56 Å². The van der Waals surface area contributed by atoms with E-state index in [4.69, 9.17) is 4.74 Å². The predicted octanol–water partition coefficient (Wildman–Crippen LogP) is 3.19. The summed E-state index contributed by atoms with van der Waals surface area (Å²) in [6.07, 6.45) is 4.79. The third kappa shape index (κ3) is 5.08. The van der Waals surface area contributed by atoms with Crippen molar-refractivity contribution < 1.29 is 4.74 Å². The lowest BCUT2D eigenvalue weighted by Gasteiger charge is -2.28. The van der Waals surface area contributed by atoms with E-state index in [1.54, 1.807) is 21.3 Å². The Morgan fingerprint density at radius 1 is 0.893 bits per heavy atom. The molecule has 0 amide bonds. The number of pyridine rings is 2. The van der Waals surface area contributed by atoms with E-state index in [0.717, 1.165) is 17.5 Å². The molecule has 0 saturated carbocycles. The van der Waals surface area contributed by atoms with Crippen LogP contribution in [0.3, 0.4) is 0 Å². The highest BCUT2D eigenvalue weighted by Crippen LogP contribution is 2.15. The van der Waals surface area contributed by atoms with E-state index in [0.29, 0.717) is 19.8 Å². The minimum absolute atomic E-state index is 0.0458. The van der Waals surface area contributed by atoms with Crippen LogP contribution in [-0.4, -0.2) is 22.3 Å². The van der Waals surface area contributed by atoms with E-state index in [9.17, 15) is 9.59 Å². The minimum Gasteiger partial charge on any atom is -0.377 e. The molecule has 1 aromatic carbocycles. The van der Waals surface area contributed by atoms with Crippen molar-refractivity contribution in [2.75, 3.05) is 13.2 Å². The fourth-order valence-corrected chi connectivity index (χ4v) is 2.98. The molecule has 0 spiro atoms. The highest BCUT2D eigenvalue weighted by Gasteiger charge is 2.20. The Morgan fingerprint density at radius 3 is 2.25 bits per heavy atom. The first-order valence-corrected chi connectivity index (χ1v) is 9.56. The molecule has 5 nitrogen and oxygen atoms in total. The number of rotatable bonds is 4. The molecule has 28 heavy (non-hydrogen) atoms. The Bertz CT molecular complexity index is 1020. The van der Waals surface area contributed by atoms with Crippen molar-refractivity contribution in [2.24, 2.45) is 0 Å². The first kappa shape index (κ1) is 19.8. The van der Waals surface area contributed by atoms with Crippen LogP contribution in [0.15, 0.2) is 76.6 Å². The van der Waals surface area contributed by atoms with Gasteiger partial charge in [0.25, 0.3) is 11.1 Å². The predicted molar refractivity (Wildman–Crippen MR) is 111 cm³/mol. The van der Waals surface area contributed by atoms with E-state index in [1.807, 2.05) is 61.8 Å². The maximum absolute atomic E-state index is 11.5. The summed E-state index contributed by atoms with van der Waals surface area (Å²) in [4.78, 5) is 23.0. The molecule has 4 rings (SSSR count). The van der Waals surface area contributed by atoms with Gasteiger partial charge in [-0.05, 0) is 30.0 Å². The summed E-state index contributed by atoms with van der Waals surface area (Å²) < 4.78 is 8.57. The average Bonchev–Trinajstić information content (AvgIpc) is 2.66. The van der Waals surface area contributed by atoms with Gasteiger partial charge in [-0.3, -0.25) is 9.59 Å². The van der Waals surface area contributed by atoms with Gasteiger partial charge in [-0.15, -0.1) is 0 Å². The summed E-state index contributed by atoms with van der Waals surface area (Å²) in [6, 6.07) is 17.2. The van der Waals surface area contributed by atoms with Gasteiger partial charge < -0.3 is 13.9 Å². The van der Waals surface area contributed by atoms with E-state index >= 15 is 0 Å². The van der Waals surface area contributed by atoms with Crippen molar-refractivity contribution in [3.05, 3.63) is 104 Å². The molecule has 0 atom stereocenters. The standard InChI is InChI=1S/C13H13NO.C10H13NO2/c1-11-7-8-13(15)14(9-11)10-12-5-3-2-4-6-12;1-2-8-3-4-10(12)11(5-8)9-6-13-7-9/h2-9H,10H2,1H3;3-5,9H,2,6-7H2,1H3. The molecule has 146 valence electrons. The Kier molecular flexibility index (Phi) is 6.61. The molecule has 3 aromatic rings. The molecule has 0 unspecified atom stereocenters. The molecule has 1 aliphatic rings. The molecule has 1 aliphatic heterocycles. The van der Waals surface area contributed by atoms with Gasteiger partial charge in [0.15, 0.2) is 0 Å². The number of nitrogens with zero attached hydrogens (tertiary/aromatic N) is 2. The third-order valence-electron chi connectivity index (χ3n) is 4.75. The summed E-state index contributed by atoms with van der Waals surface area (Å²) >= 11 is 0. The van der Waals surface area contributed by atoms with Crippen molar-refractivity contribution in [3.63, 3.8) is 0 Å². The molecule has 3 heterocycles. The highest BCUT2D eigenvalue weighted by atomic mass is 16.5. The zero-order chi connectivity index (χ0) is 19.9. The molecule has 0 aliphatic carbocycles. The van der Waals surface area contributed by atoms with Crippen LogP contribution in [-0.2, 0) is 17.7 Å². The third-order valence-corrected chi connectivity index (χ3v) is 4.75. The van der Waals surface area contributed by atoms with Gasteiger partial charge in [0.1, 0.15) is 0 Å². The van der Waals surface area contributed by atoms with E-state index in [2.05, 4.69) is 6.92 Å². The lowest BCUT2D eigenvalue weighted by Crippen LogP contribution is -2.36. The second kappa shape index (κ2) is 9.33. The Balaban J connectivity index is 0.000000162. The normalized spacial score (nSPS) is 13.4. The molecule has 1 saturated heterocycles. The number of hydrogen-bond donors (Lipinski definition) is 0. The largest absolute Gasteiger partial charge is 0.377 e. The lowest BCUT2D eigenvalue weighted by molar-refractivity contribution is -0.0249. The molecule has 0 N–H and O–H groups in total. The van der Waals surface area contributed by atoms with Gasteiger partial charge in [-0.2, -0.15) is 0 Å². The number of benzene rings is 1. The fourth-order valence-electron chi connectivity index (χ4n) is 2.98. The van der Waals surface area contributed by atoms with Crippen LogP contribution < -0.4 is 11.1 Å². The first-order chi connectivity index (χ1) is 13.6. The zero-order valence-electron chi connectivity index (χ0n) is 16.4. The van der Waals surface area contributed by atoms with Crippen LogP contribution in [0.2, 0.25) is 0 Å². The van der Waals surface area contributed by atoms with Crippen LogP contribution in [0.25, 0.3) is 0 Å². The molecule has 5 heteroatoms. The van der Waals surface area contributed by atoms with Crippen molar-refractivity contribution in [1.82, 2.24) is 9.13 Å². The van der Waals surface area contributed by atoms with E-state index < -0.39 is 0 Å². The first-order valence-electron chi connectivity index (χ1n) is 9.56. The second-order valence-electron chi connectivity index (χ2n) is 6.99. The van der Waals surface area contributed by atoms with Gasteiger partial charge in [0, 0.05) is 24.5 Å². The van der Waals surface area contributed by atoms with Crippen molar-refractivity contribution in [2.45, 2.75) is 32.9 Å². The SMILES string of the molecule is CCc1ccc(=O)n(C2COC2)c1.Cc1ccc(=O)n(Cc2ccccc2)c1. The Hall–Kier alpha value is -2.92. The van der Waals surface area contributed by atoms with Gasteiger partial charge in [-0.25, -0.2) is 0 Å². The lowest BCUT2D eigenvalue weighted by atomic mass is 10.2. The maximum Gasteiger partial charge on any atom is 0.250 e. The fraction of sp³-hybridized carbons (Fsp3) is 0.304. The highest BCUT2D eigenvalue weighted by molar-refractivity contribution is 5.16. The van der Waals surface area contributed by atoms with Crippen molar-refractivity contribution in [3.8, 4) is 0 Å². The second-order valence-corrected chi connectivity index (χ2v) is 6.99. The zero-order valence-corrected chi connectivity index (χ0v) is 16.4. The van der Waals surface area contributed by atoms with Crippen LogP contribution in [0.5, 0.6) is 0 Å². The summed E-state index contributed by atoms with van der Waals surface area (Å²) in [7, 11) is 0. The van der Waals surface area contributed by atoms with Gasteiger partial charge in [-0.1, -0.05) is 49.4 Å². The van der Waals surface area contributed by atoms with Gasteiger partial charge in [0.2, 0.25) is 0 Å². The Labute approximate surface area is 164 Å². The summed E-state index contributed by atoms with van der Waals surface area (Å²) in [5.74, 6) is 0. The smallest absolute Gasteiger partial charge is 0.250 e. The summed E-state index contributed by atoms with van der Waals surface area (Å²) in [6.45, 7) is 6.06. The van der Waals surface area contributed by atoms with E-state index in [-0.39, 0.29) is 17.2 Å². The van der Waals surface area contributed by atoms with Crippen molar-refractivity contribution >= 4 is 0 Å². The maximum atomic E-state index is 11.5. The average molecular weight is 378 g/mol. The molecular formula is C23H26N2O3. The van der Waals surface area contributed by atoms with Crippen molar-refractivity contribution in [1.29, 1.82) is 0 Å². The number of aromatic nitrogens is 2. The van der Waals surface area contributed by atoms with Crippen LogP contribution in [0.4, 0.5) is 0 Å². The Morgan fingerprint density at radius 2 is 1.61 bits per heavy atom.